The highest BCUT2D eigenvalue weighted by Gasteiger charge is 2.07. The van der Waals surface area contributed by atoms with E-state index >= 15 is 0 Å². The van der Waals surface area contributed by atoms with Crippen LogP contribution in [0.15, 0.2) is 86.7 Å². The molecule has 3 aliphatic rings. The molecule has 1 aromatic carbocycles. The molecule has 0 amide bonds. The first-order chi connectivity index (χ1) is 16.8. The zero-order chi connectivity index (χ0) is 25.5. The molecular weight excluding hydrogens is 456 g/mol. The van der Waals surface area contributed by atoms with Crippen molar-refractivity contribution in [3.05, 3.63) is 82.3 Å². The summed E-state index contributed by atoms with van der Waals surface area (Å²) in [6, 6.07) is 10.3. The van der Waals surface area contributed by atoms with E-state index in [0.29, 0.717) is 6.42 Å². The Labute approximate surface area is 216 Å². The third kappa shape index (κ3) is 12.0. The maximum atomic E-state index is 6.21. The lowest BCUT2D eigenvalue weighted by molar-refractivity contribution is 0.358. The van der Waals surface area contributed by atoms with Gasteiger partial charge in [-0.2, -0.15) is 0 Å². The molecule has 0 spiro atoms. The maximum absolute atomic E-state index is 6.21. The monoisotopic (exact) mass is 496 g/mol. The second kappa shape index (κ2) is 16.1. The summed E-state index contributed by atoms with van der Waals surface area (Å²) in [5.41, 5.74) is 3.39. The smallest absolute Gasteiger partial charge is 0.126 e. The lowest BCUT2D eigenvalue weighted by Crippen LogP contribution is -2.23. The normalized spacial score (nSPS) is 18.3. The minimum atomic E-state index is 0.711. The van der Waals surface area contributed by atoms with Gasteiger partial charge >= 0.3 is 0 Å². The summed E-state index contributed by atoms with van der Waals surface area (Å²) in [7, 11) is 6.10. The summed E-state index contributed by atoms with van der Waals surface area (Å²) < 4.78 is 0. The molecule has 2 heterocycles. The van der Waals surface area contributed by atoms with E-state index in [1.165, 1.54) is 31.6 Å². The molecule has 0 unspecified atom stereocenters. The van der Waals surface area contributed by atoms with Crippen molar-refractivity contribution in [1.29, 1.82) is 0 Å². The van der Waals surface area contributed by atoms with Crippen LogP contribution < -0.4 is 10.6 Å². The van der Waals surface area contributed by atoms with Gasteiger partial charge in [-0.25, -0.2) is 9.98 Å². The number of aryl methyl sites for hydroxylation is 1. The number of amidine groups is 1. The number of nitrogens with one attached hydrogen (secondary N) is 2. The van der Waals surface area contributed by atoms with E-state index in [-0.39, 0.29) is 0 Å². The molecule has 0 saturated carbocycles. The molecule has 4 rings (SSSR count). The molecule has 35 heavy (non-hydrogen) atoms. The van der Waals surface area contributed by atoms with Crippen molar-refractivity contribution in [3.63, 3.8) is 0 Å². The second-order valence-electron chi connectivity index (χ2n) is 8.94. The van der Waals surface area contributed by atoms with E-state index in [1.54, 1.807) is 6.34 Å². The highest BCUT2D eigenvalue weighted by atomic mass is 35.5. The molecule has 2 aliphatic heterocycles. The van der Waals surface area contributed by atoms with Crippen molar-refractivity contribution in [2.45, 2.75) is 33.1 Å². The Kier molecular flexibility index (Phi) is 13.1. The number of benzene rings is 1. The standard InChI is InChI=1S/C15H19ClN4.C7H8.C6H14N2/c1-11-5-4-6-12(9-13(11)16)19-14-7-8-15(20(2)3)18-10-17-14;1-7-5-3-2-4-6-7;1-8-5-2-3-7-4-6-8/h5-6,8-10H,4,7H2,1-3H3,(H,17,18,19);2-6H,1H3;7H,2-6H2,1H3. The van der Waals surface area contributed by atoms with Crippen molar-refractivity contribution >= 4 is 23.8 Å². The number of nitrogens with zero attached hydrogens (tertiary/aromatic N) is 4. The minimum Gasteiger partial charge on any atom is -0.363 e. The molecule has 6 nitrogen and oxygen atoms in total. The van der Waals surface area contributed by atoms with Gasteiger partial charge in [-0.15, -0.1) is 0 Å². The van der Waals surface area contributed by atoms with E-state index in [9.17, 15) is 0 Å². The Hall–Kier alpha value is -2.67. The Bertz CT molecular complexity index is 949. The number of likely N-dealkylation sites (N-methyl/N-ethyl adjacent to an activating group) is 1. The Morgan fingerprint density at radius 2 is 1.80 bits per heavy atom. The Balaban J connectivity index is 0.000000234. The van der Waals surface area contributed by atoms with E-state index in [0.717, 1.165) is 40.9 Å². The molecule has 0 aromatic heterocycles. The first-order valence-corrected chi connectivity index (χ1v) is 12.6. The van der Waals surface area contributed by atoms with Crippen LogP contribution in [0.25, 0.3) is 0 Å². The number of aliphatic imine (C=N–C) groups is 2. The van der Waals surface area contributed by atoms with Gasteiger partial charge in [0.05, 0.1) is 0 Å². The van der Waals surface area contributed by atoms with Gasteiger partial charge in [0.25, 0.3) is 0 Å². The van der Waals surface area contributed by atoms with Crippen LogP contribution in [-0.2, 0) is 0 Å². The summed E-state index contributed by atoms with van der Waals surface area (Å²) in [4.78, 5) is 12.9. The Morgan fingerprint density at radius 3 is 2.49 bits per heavy atom. The van der Waals surface area contributed by atoms with Gasteiger partial charge in [0.15, 0.2) is 0 Å². The largest absolute Gasteiger partial charge is 0.363 e. The van der Waals surface area contributed by atoms with Gasteiger partial charge < -0.3 is 20.4 Å². The van der Waals surface area contributed by atoms with Gasteiger partial charge in [0.2, 0.25) is 0 Å². The summed E-state index contributed by atoms with van der Waals surface area (Å²) in [5.74, 6) is 1.77. The molecule has 0 atom stereocenters. The number of halogens is 1. The van der Waals surface area contributed by atoms with Crippen LogP contribution in [0.1, 0.15) is 31.7 Å². The van der Waals surface area contributed by atoms with Crippen LogP contribution in [0.4, 0.5) is 0 Å². The summed E-state index contributed by atoms with van der Waals surface area (Å²) in [6.45, 7) is 8.92. The van der Waals surface area contributed by atoms with Crippen molar-refractivity contribution in [2.75, 3.05) is 47.3 Å². The van der Waals surface area contributed by atoms with Gasteiger partial charge in [0.1, 0.15) is 18.0 Å². The maximum Gasteiger partial charge on any atom is 0.126 e. The lowest BCUT2D eigenvalue weighted by atomic mass is 10.2. The van der Waals surface area contributed by atoms with E-state index in [1.807, 2.05) is 56.3 Å². The molecular formula is C28H41ClN6. The highest BCUT2D eigenvalue weighted by Crippen LogP contribution is 2.20. The third-order valence-electron chi connectivity index (χ3n) is 5.55. The zero-order valence-corrected chi connectivity index (χ0v) is 22.6. The third-order valence-corrected chi connectivity index (χ3v) is 5.96. The first-order valence-electron chi connectivity index (χ1n) is 12.2. The molecule has 2 N–H and O–H groups in total. The van der Waals surface area contributed by atoms with Crippen molar-refractivity contribution in [2.24, 2.45) is 9.98 Å². The molecule has 190 valence electrons. The SMILES string of the molecule is CC1=CCC=C(NC2=NC=NC(N(C)C)=CC2)C=C1Cl.CN1CCCNCC1.Cc1ccccc1. The van der Waals surface area contributed by atoms with Crippen LogP contribution in [0, 0.1) is 6.92 Å². The lowest BCUT2D eigenvalue weighted by Gasteiger charge is -2.11. The average molecular weight is 497 g/mol. The van der Waals surface area contributed by atoms with Crippen LogP contribution in [0.5, 0.6) is 0 Å². The van der Waals surface area contributed by atoms with Gasteiger partial charge in [-0.3, -0.25) is 0 Å². The summed E-state index contributed by atoms with van der Waals surface area (Å²) >= 11 is 6.21. The molecule has 1 saturated heterocycles. The van der Waals surface area contributed by atoms with E-state index in [2.05, 4.69) is 63.8 Å². The summed E-state index contributed by atoms with van der Waals surface area (Å²) in [6.07, 6.45) is 12.6. The number of hydrogen-bond acceptors (Lipinski definition) is 6. The van der Waals surface area contributed by atoms with Crippen LogP contribution in [-0.4, -0.2) is 69.3 Å². The molecule has 0 radical (unpaired) electrons. The van der Waals surface area contributed by atoms with Gasteiger partial charge in [-0.05, 0) is 64.6 Å². The molecule has 1 aliphatic carbocycles. The van der Waals surface area contributed by atoms with Crippen molar-refractivity contribution in [3.8, 4) is 0 Å². The fourth-order valence-electron chi connectivity index (χ4n) is 3.37. The van der Waals surface area contributed by atoms with E-state index < -0.39 is 0 Å². The Morgan fingerprint density at radius 1 is 1.03 bits per heavy atom. The topological polar surface area (TPSA) is 55.3 Å². The zero-order valence-electron chi connectivity index (χ0n) is 21.9. The quantitative estimate of drug-likeness (QED) is 0.600. The van der Waals surface area contributed by atoms with Crippen LogP contribution in [0.3, 0.4) is 0 Å². The second-order valence-corrected chi connectivity index (χ2v) is 9.35. The number of rotatable bonds is 2. The molecule has 7 heteroatoms. The predicted octanol–water partition coefficient (Wildman–Crippen LogP) is 5.07. The number of allylic oxidation sites excluding steroid dienone is 5. The predicted molar refractivity (Wildman–Crippen MR) is 152 cm³/mol. The fraction of sp³-hybridized carbons (Fsp3) is 0.429. The summed E-state index contributed by atoms with van der Waals surface area (Å²) in [5, 5.41) is 7.40. The van der Waals surface area contributed by atoms with E-state index in [4.69, 9.17) is 11.6 Å². The fourth-order valence-corrected chi connectivity index (χ4v) is 3.57. The van der Waals surface area contributed by atoms with Gasteiger partial charge in [0, 0.05) is 44.3 Å². The van der Waals surface area contributed by atoms with Crippen molar-refractivity contribution in [1.82, 2.24) is 20.4 Å². The molecule has 1 fully saturated rings. The minimum absolute atomic E-state index is 0.711. The molecule has 0 bridgehead atoms. The van der Waals surface area contributed by atoms with Crippen LogP contribution >= 0.6 is 11.6 Å². The van der Waals surface area contributed by atoms with Crippen molar-refractivity contribution < 1.29 is 0 Å². The number of hydrogen-bond donors (Lipinski definition) is 2. The van der Waals surface area contributed by atoms with Crippen LogP contribution in [0.2, 0.25) is 0 Å². The molecule has 1 aromatic rings. The average Bonchev–Trinajstić information content (AvgIpc) is 3.28. The van der Waals surface area contributed by atoms with Gasteiger partial charge in [-0.1, -0.05) is 59.6 Å². The first kappa shape index (κ1) is 28.6. The highest BCUT2D eigenvalue weighted by molar-refractivity contribution is 6.32.